The Bertz CT molecular complexity index is 977. The number of benzene rings is 2. The van der Waals surface area contributed by atoms with Gasteiger partial charge >= 0.3 is 0 Å². The highest BCUT2D eigenvalue weighted by atomic mass is 35.5. The van der Waals surface area contributed by atoms with E-state index >= 15 is 0 Å². The average Bonchev–Trinajstić information content (AvgIpc) is 3.34. The van der Waals surface area contributed by atoms with E-state index in [1.54, 1.807) is 36.4 Å². The van der Waals surface area contributed by atoms with Gasteiger partial charge in [0, 0.05) is 16.6 Å². The van der Waals surface area contributed by atoms with E-state index in [4.69, 9.17) is 11.6 Å². The number of halogens is 1. The summed E-state index contributed by atoms with van der Waals surface area (Å²) in [7, 11) is 0. The quantitative estimate of drug-likeness (QED) is 0.592. The minimum absolute atomic E-state index is 0.0525. The molecule has 0 aromatic heterocycles. The minimum atomic E-state index is -0.635. The second-order valence-electron chi connectivity index (χ2n) is 7.67. The van der Waals surface area contributed by atoms with Crippen molar-refractivity contribution in [2.45, 2.75) is 24.9 Å². The maximum absolute atomic E-state index is 13.4. The van der Waals surface area contributed by atoms with Crippen LogP contribution in [0.3, 0.4) is 0 Å². The molecule has 3 fully saturated rings. The molecular formula is C22H19ClN2O3. The Morgan fingerprint density at radius 2 is 1.71 bits per heavy atom. The third-order valence-corrected chi connectivity index (χ3v) is 6.48. The fourth-order valence-corrected chi connectivity index (χ4v) is 5.34. The van der Waals surface area contributed by atoms with Gasteiger partial charge in [0.25, 0.3) is 0 Å². The Balaban J connectivity index is 1.56. The molecule has 0 aliphatic carbocycles. The highest BCUT2D eigenvalue weighted by molar-refractivity contribution is 6.31. The summed E-state index contributed by atoms with van der Waals surface area (Å²) >= 11 is 6.08. The molecule has 6 heteroatoms. The first kappa shape index (κ1) is 17.6. The van der Waals surface area contributed by atoms with Crippen molar-refractivity contribution in [1.29, 1.82) is 0 Å². The Kier molecular flexibility index (Phi) is 4.11. The molecule has 0 bridgehead atoms. The minimum Gasteiger partial charge on any atom is -0.292 e. The van der Waals surface area contributed by atoms with Crippen LogP contribution in [0.15, 0.2) is 54.6 Å². The number of rotatable bonds is 3. The number of hydrogen-bond donors (Lipinski definition) is 0. The van der Waals surface area contributed by atoms with Crippen LogP contribution in [-0.2, 0) is 9.59 Å². The third-order valence-electron chi connectivity index (χ3n) is 6.25. The Hall–Kier alpha value is -2.50. The number of anilines is 1. The Morgan fingerprint density at radius 3 is 2.46 bits per heavy atom. The summed E-state index contributed by atoms with van der Waals surface area (Å²) in [6.45, 7) is 0.749. The summed E-state index contributed by atoms with van der Waals surface area (Å²) < 4.78 is 0. The molecule has 2 aromatic carbocycles. The summed E-state index contributed by atoms with van der Waals surface area (Å²) in [5.74, 6) is -1.68. The molecule has 3 aliphatic heterocycles. The fourth-order valence-electron chi connectivity index (χ4n) is 5.16. The summed E-state index contributed by atoms with van der Waals surface area (Å²) in [5.41, 5.74) is 1.06. The summed E-state index contributed by atoms with van der Waals surface area (Å²) in [6, 6.07) is 15.2. The molecule has 0 saturated carbocycles. The van der Waals surface area contributed by atoms with Crippen molar-refractivity contribution in [3.63, 3.8) is 0 Å². The van der Waals surface area contributed by atoms with E-state index in [2.05, 4.69) is 4.90 Å². The van der Waals surface area contributed by atoms with Crippen molar-refractivity contribution in [2.75, 3.05) is 11.4 Å². The van der Waals surface area contributed by atoms with Gasteiger partial charge in [-0.05, 0) is 37.6 Å². The zero-order valence-corrected chi connectivity index (χ0v) is 15.9. The number of Topliss-reactive ketones (excluding diaryl/α,β-unsaturated/α-hetero) is 1. The van der Waals surface area contributed by atoms with Crippen LogP contribution in [-0.4, -0.2) is 41.1 Å². The monoisotopic (exact) mass is 394 g/mol. The molecule has 3 saturated heterocycles. The molecule has 3 aliphatic rings. The van der Waals surface area contributed by atoms with Crippen LogP contribution >= 0.6 is 11.6 Å². The van der Waals surface area contributed by atoms with Crippen LogP contribution in [0.5, 0.6) is 0 Å². The maximum atomic E-state index is 13.4. The van der Waals surface area contributed by atoms with E-state index < -0.39 is 17.9 Å². The van der Waals surface area contributed by atoms with Gasteiger partial charge in [-0.15, -0.1) is 0 Å². The van der Waals surface area contributed by atoms with Gasteiger partial charge in [-0.3, -0.25) is 19.3 Å². The van der Waals surface area contributed by atoms with Crippen LogP contribution in [0, 0.1) is 11.8 Å². The molecule has 2 amide bonds. The topological polar surface area (TPSA) is 57.7 Å². The number of nitrogens with zero attached hydrogens (tertiary/aromatic N) is 2. The predicted molar refractivity (Wildman–Crippen MR) is 105 cm³/mol. The standard InChI is InChI=1S/C22H19ClN2O3/c23-14-8-4-9-15(12-14)25-21(27)17-16-10-5-11-24(16)19(18(17)22(25)28)20(26)13-6-2-1-3-7-13/h1-4,6-9,12,16-19H,5,10-11H2. The lowest BCUT2D eigenvalue weighted by Crippen LogP contribution is -2.46. The van der Waals surface area contributed by atoms with Gasteiger partial charge in [-0.1, -0.05) is 48.0 Å². The Labute approximate surface area is 167 Å². The molecule has 0 N–H and O–H groups in total. The number of carbonyl (C=O) groups excluding carboxylic acids is 3. The molecule has 5 rings (SSSR count). The van der Waals surface area contributed by atoms with E-state index in [9.17, 15) is 14.4 Å². The molecule has 4 atom stereocenters. The third kappa shape index (κ3) is 2.46. The van der Waals surface area contributed by atoms with E-state index in [0.717, 1.165) is 19.4 Å². The molecule has 5 nitrogen and oxygen atoms in total. The first-order valence-corrected chi connectivity index (χ1v) is 9.94. The molecular weight excluding hydrogens is 376 g/mol. The van der Waals surface area contributed by atoms with Gasteiger partial charge < -0.3 is 0 Å². The van der Waals surface area contributed by atoms with Gasteiger partial charge in [0.1, 0.15) is 0 Å². The van der Waals surface area contributed by atoms with Crippen LogP contribution in [0.1, 0.15) is 23.2 Å². The SMILES string of the molecule is O=C(c1ccccc1)C1C2C(=O)N(c3cccc(Cl)c3)C(=O)C2C2CCCN21. The summed E-state index contributed by atoms with van der Waals surface area (Å²) in [6.07, 6.45) is 1.77. The van der Waals surface area contributed by atoms with Gasteiger partial charge in [-0.25, -0.2) is 4.90 Å². The highest BCUT2D eigenvalue weighted by Crippen LogP contribution is 2.48. The van der Waals surface area contributed by atoms with Crippen molar-refractivity contribution in [2.24, 2.45) is 11.8 Å². The largest absolute Gasteiger partial charge is 0.292 e. The lowest BCUT2D eigenvalue weighted by molar-refractivity contribution is -0.123. The van der Waals surface area contributed by atoms with Crippen molar-refractivity contribution in [3.05, 3.63) is 65.2 Å². The first-order valence-electron chi connectivity index (χ1n) is 9.56. The molecule has 142 valence electrons. The van der Waals surface area contributed by atoms with Crippen LogP contribution in [0.2, 0.25) is 5.02 Å². The number of carbonyl (C=O) groups is 3. The molecule has 0 radical (unpaired) electrons. The van der Waals surface area contributed by atoms with Crippen molar-refractivity contribution >= 4 is 34.9 Å². The number of ketones is 1. The highest BCUT2D eigenvalue weighted by Gasteiger charge is 2.64. The van der Waals surface area contributed by atoms with Crippen LogP contribution in [0.4, 0.5) is 5.69 Å². The Morgan fingerprint density at radius 1 is 0.964 bits per heavy atom. The van der Waals surface area contributed by atoms with Gasteiger partial charge in [0.15, 0.2) is 5.78 Å². The second-order valence-corrected chi connectivity index (χ2v) is 8.10. The number of fused-ring (bicyclic) bond motifs is 3. The second kappa shape index (κ2) is 6.54. The average molecular weight is 395 g/mol. The van der Waals surface area contributed by atoms with Crippen molar-refractivity contribution in [3.8, 4) is 0 Å². The van der Waals surface area contributed by atoms with Crippen molar-refractivity contribution < 1.29 is 14.4 Å². The van der Waals surface area contributed by atoms with E-state index in [0.29, 0.717) is 16.3 Å². The van der Waals surface area contributed by atoms with Crippen LogP contribution < -0.4 is 4.90 Å². The van der Waals surface area contributed by atoms with Gasteiger partial charge in [0.05, 0.1) is 23.6 Å². The van der Waals surface area contributed by atoms with E-state index in [1.807, 2.05) is 18.2 Å². The first-order chi connectivity index (χ1) is 13.6. The molecule has 3 heterocycles. The van der Waals surface area contributed by atoms with Crippen molar-refractivity contribution in [1.82, 2.24) is 4.90 Å². The number of amides is 2. The molecule has 28 heavy (non-hydrogen) atoms. The predicted octanol–water partition coefficient (Wildman–Crippen LogP) is 3.18. The van der Waals surface area contributed by atoms with E-state index in [1.165, 1.54) is 4.90 Å². The van der Waals surface area contributed by atoms with Gasteiger partial charge in [0.2, 0.25) is 11.8 Å². The van der Waals surface area contributed by atoms with Crippen LogP contribution in [0.25, 0.3) is 0 Å². The fraction of sp³-hybridized carbons (Fsp3) is 0.318. The lowest BCUT2D eigenvalue weighted by atomic mass is 9.85. The maximum Gasteiger partial charge on any atom is 0.239 e. The van der Waals surface area contributed by atoms with Gasteiger partial charge in [-0.2, -0.15) is 0 Å². The zero-order chi connectivity index (χ0) is 19.4. The number of imide groups is 1. The smallest absolute Gasteiger partial charge is 0.239 e. The normalized spacial score (nSPS) is 29.2. The molecule has 0 spiro atoms. The number of hydrogen-bond acceptors (Lipinski definition) is 4. The van der Waals surface area contributed by atoms with E-state index in [-0.39, 0.29) is 23.6 Å². The molecule has 2 aromatic rings. The summed E-state index contributed by atoms with van der Waals surface area (Å²) in [5, 5.41) is 0.467. The summed E-state index contributed by atoms with van der Waals surface area (Å²) in [4.78, 5) is 43.3. The molecule has 4 unspecified atom stereocenters. The zero-order valence-electron chi connectivity index (χ0n) is 15.1. The lowest BCUT2D eigenvalue weighted by Gasteiger charge is -2.27.